The molecule has 0 fully saturated rings. The number of carbonyl (C=O) groups is 1. The van der Waals surface area contributed by atoms with Gasteiger partial charge in [-0.25, -0.2) is 4.98 Å². The first-order valence-electron chi connectivity index (χ1n) is 4.43. The van der Waals surface area contributed by atoms with Crippen LogP contribution in [0.15, 0.2) is 12.5 Å². The summed E-state index contributed by atoms with van der Waals surface area (Å²) < 4.78 is 6.80. The molecule has 14 heavy (non-hydrogen) atoms. The Morgan fingerprint density at radius 3 is 3.14 bits per heavy atom. The average molecular weight is 198 g/mol. The molecule has 5 heteroatoms. The summed E-state index contributed by atoms with van der Waals surface area (Å²) in [5.41, 5.74) is 0.809. The Morgan fingerprint density at radius 1 is 1.71 bits per heavy atom. The summed E-state index contributed by atoms with van der Waals surface area (Å²) in [7, 11) is 1.64. The molecule has 1 heterocycles. The van der Waals surface area contributed by atoms with Gasteiger partial charge in [-0.05, 0) is 0 Å². The van der Waals surface area contributed by atoms with E-state index in [0.717, 1.165) is 12.2 Å². The molecule has 0 radical (unpaired) electrons. The molecule has 0 aliphatic heterocycles. The molecule has 0 aromatic carbocycles. The predicted octanol–water partition coefficient (Wildman–Crippen LogP) is 0.547. The first kappa shape index (κ1) is 10.7. The van der Waals surface area contributed by atoms with Crippen molar-refractivity contribution in [1.29, 1.82) is 0 Å². The lowest BCUT2D eigenvalue weighted by Gasteiger charge is -1.98. The van der Waals surface area contributed by atoms with Crippen molar-refractivity contribution < 1.29 is 14.6 Å². The normalized spacial score (nSPS) is 10.4. The highest BCUT2D eigenvalue weighted by atomic mass is 16.5. The van der Waals surface area contributed by atoms with Gasteiger partial charge in [-0.2, -0.15) is 0 Å². The van der Waals surface area contributed by atoms with Crippen LogP contribution in [-0.4, -0.2) is 34.3 Å². The summed E-state index contributed by atoms with van der Waals surface area (Å²) in [6, 6.07) is 0. The zero-order valence-corrected chi connectivity index (χ0v) is 8.14. The molecule has 0 unspecified atom stereocenters. The zero-order chi connectivity index (χ0) is 10.4. The van der Waals surface area contributed by atoms with Crippen molar-refractivity contribution >= 4 is 5.97 Å². The maximum absolute atomic E-state index is 10.3. The van der Waals surface area contributed by atoms with Gasteiger partial charge in [-0.1, -0.05) is 0 Å². The van der Waals surface area contributed by atoms with Gasteiger partial charge in [0.2, 0.25) is 0 Å². The molecule has 0 saturated heterocycles. The lowest BCUT2D eigenvalue weighted by Crippen LogP contribution is -2.01. The molecule has 0 atom stereocenters. The Bertz CT molecular complexity index is 296. The fourth-order valence-electron chi connectivity index (χ4n) is 1.09. The minimum Gasteiger partial charge on any atom is -0.481 e. The van der Waals surface area contributed by atoms with E-state index >= 15 is 0 Å². The summed E-state index contributed by atoms with van der Waals surface area (Å²) in [6.45, 7) is 1.38. The van der Waals surface area contributed by atoms with Gasteiger partial charge in [0, 0.05) is 26.3 Å². The van der Waals surface area contributed by atoms with Crippen LogP contribution in [0.2, 0.25) is 0 Å². The standard InChI is InChI=1S/C9H14N2O3/c1-14-5-4-11-6-8(10-7-11)2-3-9(12)13/h6-7H,2-5H2,1H3,(H,12,13). The summed E-state index contributed by atoms with van der Waals surface area (Å²) >= 11 is 0. The molecule has 5 nitrogen and oxygen atoms in total. The molecule has 0 aliphatic carbocycles. The SMILES string of the molecule is COCCn1cnc(CCC(=O)O)c1. The molecular weight excluding hydrogens is 184 g/mol. The van der Waals surface area contributed by atoms with Gasteiger partial charge >= 0.3 is 5.97 Å². The van der Waals surface area contributed by atoms with E-state index in [0.29, 0.717) is 13.0 Å². The highest BCUT2D eigenvalue weighted by molar-refractivity contribution is 5.66. The number of aliphatic carboxylic acids is 1. The Kier molecular flexibility index (Phi) is 4.12. The maximum atomic E-state index is 10.3. The van der Waals surface area contributed by atoms with E-state index in [1.165, 1.54) is 0 Å². The number of imidazole rings is 1. The Balaban J connectivity index is 2.38. The minimum atomic E-state index is -0.795. The van der Waals surface area contributed by atoms with Gasteiger partial charge in [0.05, 0.1) is 25.0 Å². The minimum absolute atomic E-state index is 0.126. The average Bonchev–Trinajstić information content (AvgIpc) is 2.59. The fourth-order valence-corrected chi connectivity index (χ4v) is 1.09. The second-order valence-corrected chi connectivity index (χ2v) is 2.99. The zero-order valence-electron chi connectivity index (χ0n) is 8.14. The Hall–Kier alpha value is -1.36. The second-order valence-electron chi connectivity index (χ2n) is 2.99. The molecule has 1 N–H and O–H groups in total. The van der Waals surface area contributed by atoms with Gasteiger partial charge in [0.15, 0.2) is 0 Å². The Labute approximate surface area is 82.3 Å². The van der Waals surface area contributed by atoms with Crippen LogP contribution >= 0.6 is 0 Å². The van der Waals surface area contributed by atoms with E-state index in [9.17, 15) is 4.79 Å². The number of methoxy groups -OCH3 is 1. The van der Waals surface area contributed by atoms with Crippen LogP contribution in [0.1, 0.15) is 12.1 Å². The van der Waals surface area contributed by atoms with Crippen molar-refractivity contribution in [2.75, 3.05) is 13.7 Å². The van der Waals surface area contributed by atoms with Crippen LogP contribution in [0.3, 0.4) is 0 Å². The van der Waals surface area contributed by atoms with E-state index in [-0.39, 0.29) is 6.42 Å². The summed E-state index contributed by atoms with van der Waals surface area (Å²) in [4.78, 5) is 14.4. The number of nitrogens with zero attached hydrogens (tertiary/aromatic N) is 2. The number of carboxylic acid groups (broad SMARTS) is 1. The van der Waals surface area contributed by atoms with Crippen LogP contribution in [-0.2, 0) is 22.5 Å². The predicted molar refractivity (Wildman–Crippen MR) is 50.1 cm³/mol. The molecule has 1 rings (SSSR count). The van der Waals surface area contributed by atoms with Crippen LogP contribution in [0, 0.1) is 0 Å². The topological polar surface area (TPSA) is 64.4 Å². The van der Waals surface area contributed by atoms with E-state index in [1.54, 1.807) is 13.4 Å². The Morgan fingerprint density at radius 2 is 2.50 bits per heavy atom. The molecule has 78 valence electrons. The number of rotatable bonds is 6. The van der Waals surface area contributed by atoms with Crippen LogP contribution in [0.4, 0.5) is 0 Å². The van der Waals surface area contributed by atoms with Gasteiger partial charge in [0.25, 0.3) is 0 Å². The van der Waals surface area contributed by atoms with E-state index in [1.807, 2.05) is 10.8 Å². The quantitative estimate of drug-likeness (QED) is 0.724. The molecule has 0 spiro atoms. The lowest BCUT2D eigenvalue weighted by molar-refractivity contribution is -0.136. The van der Waals surface area contributed by atoms with Gasteiger partial charge in [0.1, 0.15) is 0 Å². The molecule has 0 aliphatic rings. The number of hydrogen-bond acceptors (Lipinski definition) is 3. The van der Waals surface area contributed by atoms with E-state index < -0.39 is 5.97 Å². The van der Waals surface area contributed by atoms with Crippen molar-refractivity contribution in [3.8, 4) is 0 Å². The van der Waals surface area contributed by atoms with Crippen molar-refractivity contribution in [3.05, 3.63) is 18.2 Å². The summed E-state index contributed by atoms with van der Waals surface area (Å²) in [6.07, 6.45) is 4.15. The molecule has 0 amide bonds. The number of ether oxygens (including phenoxy) is 1. The van der Waals surface area contributed by atoms with Crippen LogP contribution in [0.25, 0.3) is 0 Å². The van der Waals surface area contributed by atoms with Crippen LogP contribution < -0.4 is 0 Å². The molecule has 0 saturated carbocycles. The third-order valence-corrected chi connectivity index (χ3v) is 1.84. The van der Waals surface area contributed by atoms with Crippen molar-refractivity contribution in [2.24, 2.45) is 0 Å². The van der Waals surface area contributed by atoms with E-state index in [2.05, 4.69) is 4.98 Å². The molecular formula is C9H14N2O3. The second kappa shape index (κ2) is 5.39. The van der Waals surface area contributed by atoms with Gasteiger partial charge in [-0.15, -0.1) is 0 Å². The molecule has 0 bridgehead atoms. The largest absolute Gasteiger partial charge is 0.481 e. The molecule has 1 aromatic rings. The highest BCUT2D eigenvalue weighted by Gasteiger charge is 2.02. The fraction of sp³-hybridized carbons (Fsp3) is 0.556. The molecule has 1 aromatic heterocycles. The highest BCUT2D eigenvalue weighted by Crippen LogP contribution is 2.00. The monoisotopic (exact) mass is 198 g/mol. The van der Waals surface area contributed by atoms with Crippen LogP contribution in [0.5, 0.6) is 0 Å². The van der Waals surface area contributed by atoms with Crippen molar-refractivity contribution in [1.82, 2.24) is 9.55 Å². The summed E-state index contributed by atoms with van der Waals surface area (Å²) in [5, 5.41) is 8.47. The first-order chi connectivity index (χ1) is 6.72. The first-order valence-corrected chi connectivity index (χ1v) is 4.43. The van der Waals surface area contributed by atoms with Crippen molar-refractivity contribution in [2.45, 2.75) is 19.4 Å². The van der Waals surface area contributed by atoms with Gasteiger partial charge in [-0.3, -0.25) is 4.79 Å². The summed E-state index contributed by atoms with van der Waals surface area (Å²) in [5.74, 6) is -0.795. The third kappa shape index (κ3) is 3.57. The van der Waals surface area contributed by atoms with Crippen molar-refractivity contribution in [3.63, 3.8) is 0 Å². The van der Waals surface area contributed by atoms with E-state index in [4.69, 9.17) is 9.84 Å². The number of hydrogen-bond donors (Lipinski definition) is 1. The maximum Gasteiger partial charge on any atom is 0.303 e. The van der Waals surface area contributed by atoms with Gasteiger partial charge < -0.3 is 14.4 Å². The third-order valence-electron chi connectivity index (χ3n) is 1.84. The smallest absolute Gasteiger partial charge is 0.303 e. The number of aromatic nitrogens is 2. The number of carboxylic acids is 1. The number of aryl methyl sites for hydroxylation is 1. The lowest BCUT2D eigenvalue weighted by atomic mass is 10.2.